The lowest BCUT2D eigenvalue weighted by Gasteiger charge is -2.20. The molecule has 0 bridgehead atoms. The molecule has 0 amide bonds. The molecule has 0 unspecified atom stereocenters. The zero-order chi connectivity index (χ0) is 13.9. The molecule has 2 rings (SSSR count). The first-order valence-electron chi connectivity index (χ1n) is 6.46. The van der Waals surface area contributed by atoms with Gasteiger partial charge in [-0.15, -0.1) is 24.0 Å². The fraction of sp³-hybridized carbons (Fsp3) is 0.429. The maximum absolute atomic E-state index is 5.81. The van der Waals surface area contributed by atoms with Gasteiger partial charge in [-0.25, -0.2) is 4.98 Å². The van der Waals surface area contributed by atoms with Crippen LogP contribution in [0.15, 0.2) is 29.3 Å². The number of aliphatic imine (C=N–C) groups is 1. The third-order valence-corrected chi connectivity index (χ3v) is 2.57. The highest BCUT2D eigenvalue weighted by atomic mass is 127. The molecule has 0 fully saturated rings. The van der Waals surface area contributed by atoms with E-state index in [1.54, 1.807) is 0 Å². The third-order valence-electron chi connectivity index (χ3n) is 2.57. The first-order valence-corrected chi connectivity index (χ1v) is 6.46. The van der Waals surface area contributed by atoms with Crippen molar-refractivity contribution in [3.63, 3.8) is 0 Å². The van der Waals surface area contributed by atoms with Crippen LogP contribution in [0.2, 0.25) is 0 Å². The Bertz CT molecular complexity index is 550. The van der Waals surface area contributed by atoms with E-state index >= 15 is 0 Å². The number of fused-ring (bicyclic) bond motifs is 1. The van der Waals surface area contributed by atoms with Crippen LogP contribution in [0, 0.1) is 0 Å². The van der Waals surface area contributed by atoms with E-state index in [1.165, 1.54) is 0 Å². The molecular weight excluding hydrogens is 365 g/mol. The Labute approximate surface area is 136 Å². The van der Waals surface area contributed by atoms with Gasteiger partial charge in [0.1, 0.15) is 5.82 Å². The van der Waals surface area contributed by atoms with Crippen LogP contribution < -0.4 is 11.1 Å². The van der Waals surface area contributed by atoms with Gasteiger partial charge in [-0.2, -0.15) is 0 Å². The summed E-state index contributed by atoms with van der Waals surface area (Å²) < 4.78 is 0. The molecule has 2 aromatic rings. The molecule has 4 N–H and O–H groups in total. The molecule has 0 aliphatic heterocycles. The highest BCUT2D eigenvalue weighted by Gasteiger charge is 2.09. The number of rotatable bonds is 3. The average molecular weight is 387 g/mol. The summed E-state index contributed by atoms with van der Waals surface area (Å²) >= 11 is 0. The van der Waals surface area contributed by atoms with Crippen LogP contribution in [0.4, 0.5) is 0 Å². The molecule has 1 aromatic carbocycles. The van der Waals surface area contributed by atoms with E-state index in [0.717, 1.165) is 23.3 Å². The fourth-order valence-corrected chi connectivity index (χ4v) is 1.83. The van der Waals surface area contributed by atoms with Crippen LogP contribution in [0.3, 0.4) is 0 Å². The van der Waals surface area contributed by atoms with Gasteiger partial charge in [-0.1, -0.05) is 12.1 Å². The maximum atomic E-state index is 5.81. The summed E-state index contributed by atoms with van der Waals surface area (Å²) in [7, 11) is 0. The van der Waals surface area contributed by atoms with Gasteiger partial charge in [0.05, 0.1) is 11.0 Å². The molecule has 0 saturated carbocycles. The lowest BCUT2D eigenvalue weighted by Crippen LogP contribution is -2.45. The predicted molar refractivity (Wildman–Crippen MR) is 94.6 cm³/mol. The van der Waals surface area contributed by atoms with Gasteiger partial charge in [0.25, 0.3) is 0 Å². The van der Waals surface area contributed by atoms with E-state index in [1.807, 2.05) is 24.3 Å². The minimum Gasteiger partial charge on any atom is -0.370 e. The monoisotopic (exact) mass is 387 g/mol. The topological polar surface area (TPSA) is 79.1 Å². The van der Waals surface area contributed by atoms with Crippen molar-refractivity contribution >= 4 is 41.0 Å². The normalized spacial score (nSPS) is 12.2. The molecule has 0 atom stereocenters. The molecule has 0 saturated heterocycles. The maximum Gasteiger partial charge on any atom is 0.188 e. The summed E-state index contributed by atoms with van der Waals surface area (Å²) in [6.07, 6.45) is 0.751. The summed E-state index contributed by atoms with van der Waals surface area (Å²) in [6.45, 7) is 6.77. The third kappa shape index (κ3) is 4.99. The van der Waals surface area contributed by atoms with E-state index in [2.05, 4.69) is 41.0 Å². The highest BCUT2D eigenvalue weighted by Crippen LogP contribution is 2.10. The Balaban J connectivity index is 0.00000200. The predicted octanol–water partition coefficient (Wildman–Crippen LogP) is 2.43. The van der Waals surface area contributed by atoms with Gasteiger partial charge < -0.3 is 16.0 Å². The minimum atomic E-state index is -0.0626. The SMILES string of the molecule is CC(C)(C)NC(N)=NCCc1nc2ccccc2[nH]1.I. The van der Waals surface area contributed by atoms with Crippen molar-refractivity contribution in [2.75, 3.05) is 6.54 Å². The molecule has 0 spiro atoms. The second kappa shape index (κ2) is 6.92. The van der Waals surface area contributed by atoms with Crippen molar-refractivity contribution in [3.05, 3.63) is 30.1 Å². The number of guanidine groups is 1. The van der Waals surface area contributed by atoms with Crippen molar-refractivity contribution in [2.45, 2.75) is 32.7 Å². The zero-order valence-electron chi connectivity index (χ0n) is 12.1. The molecule has 1 heterocycles. The second-order valence-corrected chi connectivity index (χ2v) is 5.59. The van der Waals surface area contributed by atoms with Crippen LogP contribution in [0.25, 0.3) is 11.0 Å². The first-order chi connectivity index (χ1) is 8.94. The smallest absolute Gasteiger partial charge is 0.188 e. The number of hydrogen-bond donors (Lipinski definition) is 3. The molecular formula is C14H22IN5. The number of para-hydroxylation sites is 2. The molecule has 1 aromatic heterocycles. The van der Waals surface area contributed by atoms with E-state index in [4.69, 9.17) is 5.73 Å². The molecule has 0 aliphatic carbocycles. The molecule has 6 heteroatoms. The summed E-state index contributed by atoms with van der Waals surface area (Å²) in [5.41, 5.74) is 7.79. The number of nitrogens with one attached hydrogen (secondary N) is 2. The molecule has 0 aliphatic rings. The average Bonchev–Trinajstić information content (AvgIpc) is 2.68. The van der Waals surface area contributed by atoms with Crippen LogP contribution >= 0.6 is 24.0 Å². The molecule has 0 radical (unpaired) electrons. The largest absolute Gasteiger partial charge is 0.370 e. The van der Waals surface area contributed by atoms with Crippen molar-refractivity contribution in [1.29, 1.82) is 0 Å². The molecule has 20 heavy (non-hydrogen) atoms. The van der Waals surface area contributed by atoms with E-state index in [9.17, 15) is 0 Å². The van der Waals surface area contributed by atoms with E-state index in [0.29, 0.717) is 12.5 Å². The first kappa shape index (κ1) is 16.7. The van der Waals surface area contributed by atoms with Crippen molar-refractivity contribution < 1.29 is 0 Å². The minimum absolute atomic E-state index is 0. The number of H-pyrrole nitrogens is 1. The Hall–Kier alpha value is -1.31. The van der Waals surface area contributed by atoms with Crippen LogP contribution in [-0.4, -0.2) is 28.0 Å². The van der Waals surface area contributed by atoms with Crippen LogP contribution in [0.1, 0.15) is 26.6 Å². The van der Waals surface area contributed by atoms with Crippen LogP contribution in [-0.2, 0) is 6.42 Å². The van der Waals surface area contributed by atoms with Gasteiger partial charge in [-0.05, 0) is 32.9 Å². The van der Waals surface area contributed by atoms with E-state index in [-0.39, 0.29) is 29.5 Å². The lowest BCUT2D eigenvalue weighted by atomic mass is 10.1. The number of aromatic nitrogens is 2. The van der Waals surface area contributed by atoms with Gasteiger partial charge in [-0.3, -0.25) is 4.99 Å². The van der Waals surface area contributed by atoms with Gasteiger partial charge in [0, 0.05) is 18.5 Å². The van der Waals surface area contributed by atoms with Crippen molar-refractivity contribution in [2.24, 2.45) is 10.7 Å². The zero-order valence-corrected chi connectivity index (χ0v) is 14.4. The number of benzene rings is 1. The Kier molecular flexibility index (Phi) is 5.79. The summed E-state index contributed by atoms with van der Waals surface area (Å²) in [4.78, 5) is 12.1. The number of halogens is 1. The van der Waals surface area contributed by atoms with Crippen molar-refractivity contribution in [3.8, 4) is 0 Å². The Morgan fingerprint density at radius 3 is 2.70 bits per heavy atom. The quantitative estimate of drug-likeness (QED) is 0.430. The second-order valence-electron chi connectivity index (χ2n) is 5.59. The number of nitrogens with zero attached hydrogens (tertiary/aromatic N) is 2. The van der Waals surface area contributed by atoms with E-state index < -0.39 is 0 Å². The van der Waals surface area contributed by atoms with Crippen LogP contribution in [0.5, 0.6) is 0 Å². The number of imidazole rings is 1. The number of nitrogens with two attached hydrogens (primary N) is 1. The number of hydrogen-bond acceptors (Lipinski definition) is 2. The lowest BCUT2D eigenvalue weighted by molar-refractivity contribution is 0.508. The summed E-state index contributed by atoms with van der Waals surface area (Å²) in [5, 5.41) is 3.13. The van der Waals surface area contributed by atoms with Gasteiger partial charge in [0.15, 0.2) is 5.96 Å². The van der Waals surface area contributed by atoms with Gasteiger partial charge in [0.2, 0.25) is 0 Å². The standard InChI is InChI=1S/C14H21N5.HI/c1-14(2,3)19-13(15)16-9-8-12-17-10-6-4-5-7-11(10)18-12;/h4-7H,8-9H2,1-3H3,(H,17,18)(H3,15,16,19);1H. The summed E-state index contributed by atoms with van der Waals surface area (Å²) in [5.74, 6) is 1.41. The number of aromatic amines is 1. The fourth-order valence-electron chi connectivity index (χ4n) is 1.83. The molecule has 110 valence electrons. The summed E-state index contributed by atoms with van der Waals surface area (Å²) in [6, 6.07) is 7.99. The highest BCUT2D eigenvalue weighted by molar-refractivity contribution is 14.0. The van der Waals surface area contributed by atoms with Crippen molar-refractivity contribution in [1.82, 2.24) is 15.3 Å². The Morgan fingerprint density at radius 1 is 1.35 bits per heavy atom. The van der Waals surface area contributed by atoms with Gasteiger partial charge >= 0.3 is 0 Å². The Morgan fingerprint density at radius 2 is 2.05 bits per heavy atom. The molecule has 5 nitrogen and oxygen atoms in total.